The smallest absolute Gasteiger partial charge is 0.410 e. The summed E-state index contributed by atoms with van der Waals surface area (Å²) in [5.74, 6) is 0.898. The largest absolute Gasteiger partial charge is 0.444 e. The average Bonchev–Trinajstić information content (AvgIpc) is 2.32. The molecule has 0 radical (unpaired) electrons. The average molecular weight is 267 g/mol. The highest BCUT2D eigenvalue weighted by Crippen LogP contribution is 2.46. The second-order valence-corrected chi connectivity index (χ2v) is 7.65. The number of hydrogen-bond acceptors (Lipinski definition) is 2. The Hall–Kier alpha value is -0.730. The minimum Gasteiger partial charge on any atom is -0.444 e. The van der Waals surface area contributed by atoms with Gasteiger partial charge in [0.2, 0.25) is 0 Å². The summed E-state index contributed by atoms with van der Waals surface area (Å²) >= 11 is 0. The Kier molecular flexibility index (Phi) is 4.12. The predicted octanol–water partition coefficient (Wildman–Crippen LogP) is 4.21. The Balaban J connectivity index is 1.84. The number of likely N-dealkylation sites (tertiary alicyclic amines) is 1. The zero-order chi connectivity index (χ0) is 14.1. The van der Waals surface area contributed by atoms with E-state index in [1.54, 1.807) is 0 Å². The SMILES string of the molecule is CC1CCC2(CC1)CCN(C(=O)OC(C)(C)C)CC2. The maximum absolute atomic E-state index is 12.0. The first-order chi connectivity index (χ1) is 8.80. The van der Waals surface area contributed by atoms with Gasteiger partial charge in [0.05, 0.1) is 0 Å². The Labute approximate surface area is 117 Å². The molecule has 19 heavy (non-hydrogen) atoms. The van der Waals surface area contributed by atoms with Crippen LogP contribution in [0.2, 0.25) is 0 Å². The van der Waals surface area contributed by atoms with E-state index in [-0.39, 0.29) is 11.7 Å². The van der Waals surface area contributed by atoms with E-state index in [0.29, 0.717) is 5.41 Å². The summed E-state index contributed by atoms with van der Waals surface area (Å²) in [4.78, 5) is 13.9. The number of carbonyl (C=O) groups is 1. The zero-order valence-corrected chi connectivity index (χ0v) is 13.0. The summed E-state index contributed by atoms with van der Waals surface area (Å²) in [7, 11) is 0. The molecule has 1 aliphatic heterocycles. The Morgan fingerprint density at radius 3 is 2.11 bits per heavy atom. The van der Waals surface area contributed by atoms with E-state index in [1.165, 1.54) is 38.5 Å². The normalized spacial score (nSPS) is 24.5. The van der Waals surface area contributed by atoms with E-state index >= 15 is 0 Å². The number of amides is 1. The highest BCUT2D eigenvalue weighted by Gasteiger charge is 2.38. The molecule has 3 heteroatoms. The van der Waals surface area contributed by atoms with Gasteiger partial charge >= 0.3 is 6.09 Å². The Morgan fingerprint density at radius 1 is 1.11 bits per heavy atom. The summed E-state index contributed by atoms with van der Waals surface area (Å²) in [6.07, 6.45) is 7.65. The molecule has 0 bridgehead atoms. The number of hydrogen-bond donors (Lipinski definition) is 0. The van der Waals surface area contributed by atoms with Gasteiger partial charge in [0.15, 0.2) is 0 Å². The fourth-order valence-corrected chi connectivity index (χ4v) is 3.36. The fourth-order valence-electron chi connectivity index (χ4n) is 3.36. The number of piperidine rings is 1. The molecular formula is C16H29NO2. The molecule has 0 N–H and O–H groups in total. The van der Waals surface area contributed by atoms with Gasteiger partial charge in [-0.1, -0.05) is 19.8 Å². The van der Waals surface area contributed by atoms with Crippen molar-refractivity contribution in [3.8, 4) is 0 Å². The van der Waals surface area contributed by atoms with Crippen molar-refractivity contribution >= 4 is 6.09 Å². The van der Waals surface area contributed by atoms with Crippen LogP contribution in [0.3, 0.4) is 0 Å². The third-order valence-electron chi connectivity index (χ3n) is 4.81. The molecule has 3 nitrogen and oxygen atoms in total. The second-order valence-electron chi connectivity index (χ2n) is 7.65. The van der Waals surface area contributed by atoms with Crippen LogP contribution in [0.4, 0.5) is 4.79 Å². The van der Waals surface area contributed by atoms with Gasteiger partial charge in [0.25, 0.3) is 0 Å². The molecule has 2 aliphatic rings. The van der Waals surface area contributed by atoms with Gasteiger partial charge < -0.3 is 9.64 Å². The lowest BCUT2D eigenvalue weighted by atomic mass is 9.66. The Morgan fingerprint density at radius 2 is 1.63 bits per heavy atom. The van der Waals surface area contributed by atoms with Crippen molar-refractivity contribution in [3.05, 3.63) is 0 Å². The molecule has 1 heterocycles. The monoisotopic (exact) mass is 267 g/mol. The van der Waals surface area contributed by atoms with E-state index in [2.05, 4.69) is 6.92 Å². The van der Waals surface area contributed by atoms with E-state index < -0.39 is 0 Å². The highest BCUT2D eigenvalue weighted by atomic mass is 16.6. The van der Waals surface area contributed by atoms with E-state index in [4.69, 9.17) is 4.74 Å². The lowest BCUT2D eigenvalue weighted by Crippen LogP contribution is -2.46. The molecule has 0 aromatic rings. The van der Waals surface area contributed by atoms with E-state index in [0.717, 1.165) is 19.0 Å². The summed E-state index contributed by atoms with van der Waals surface area (Å²) in [6, 6.07) is 0. The first kappa shape index (κ1) is 14.7. The minimum absolute atomic E-state index is 0.133. The van der Waals surface area contributed by atoms with Crippen molar-refractivity contribution < 1.29 is 9.53 Å². The van der Waals surface area contributed by atoms with Crippen LogP contribution < -0.4 is 0 Å². The topological polar surface area (TPSA) is 29.5 Å². The molecule has 2 fully saturated rings. The van der Waals surface area contributed by atoms with Crippen molar-refractivity contribution in [1.29, 1.82) is 0 Å². The zero-order valence-electron chi connectivity index (χ0n) is 13.0. The van der Waals surface area contributed by atoms with Gasteiger partial charge in [-0.25, -0.2) is 4.79 Å². The van der Waals surface area contributed by atoms with Gasteiger partial charge in [0, 0.05) is 13.1 Å². The van der Waals surface area contributed by atoms with Crippen LogP contribution >= 0.6 is 0 Å². The molecular weight excluding hydrogens is 238 g/mol. The van der Waals surface area contributed by atoms with Crippen LogP contribution in [0.1, 0.15) is 66.2 Å². The molecule has 1 saturated heterocycles. The van der Waals surface area contributed by atoms with Crippen LogP contribution in [0, 0.1) is 11.3 Å². The maximum atomic E-state index is 12.0. The summed E-state index contributed by atoms with van der Waals surface area (Å²) in [6.45, 7) is 9.91. The van der Waals surface area contributed by atoms with Gasteiger partial charge in [-0.15, -0.1) is 0 Å². The van der Waals surface area contributed by atoms with Crippen LogP contribution in [0.15, 0.2) is 0 Å². The molecule has 2 rings (SSSR count). The molecule has 110 valence electrons. The van der Waals surface area contributed by atoms with Crippen LogP contribution in [-0.2, 0) is 4.74 Å². The predicted molar refractivity (Wildman–Crippen MR) is 77.1 cm³/mol. The lowest BCUT2D eigenvalue weighted by molar-refractivity contribution is 0.00198. The lowest BCUT2D eigenvalue weighted by Gasteiger charge is -2.45. The number of ether oxygens (including phenoxy) is 1. The third kappa shape index (κ3) is 3.87. The molecule has 0 atom stereocenters. The second kappa shape index (κ2) is 5.34. The number of nitrogens with zero attached hydrogens (tertiary/aromatic N) is 1. The van der Waals surface area contributed by atoms with Crippen LogP contribution in [0.25, 0.3) is 0 Å². The van der Waals surface area contributed by atoms with Crippen molar-refractivity contribution in [1.82, 2.24) is 4.90 Å². The van der Waals surface area contributed by atoms with Crippen molar-refractivity contribution in [3.63, 3.8) is 0 Å². The highest BCUT2D eigenvalue weighted by molar-refractivity contribution is 5.68. The summed E-state index contributed by atoms with van der Waals surface area (Å²) < 4.78 is 5.46. The molecule has 1 amide bonds. The summed E-state index contributed by atoms with van der Waals surface area (Å²) in [5, 5.41) is 0. The van der Waals surface area contributed by atoms with Gasteiger partial charge in [0.1, 0.15) is 5.60 Å². The molecule has 0 unspecified atom stereocenters. The van der Waals surface area contributed by atoms with Gasteiger partial charge in [-0.05, 0) is 57.8 Å². The van der Waals surface area contributed by atoms with Crippen LogP contribution in [-0.4, -0.2) is 29.7 Å². The van der Waals surface area contributed by atoms with Gasteiger partial charge in [-0.3, -0.25) is 0 Å². The minimum atomic E-state index is -0.382. The summed E-state index contributed by atoms with van der Waals surface area (Å²) in [5.41, 5.74) is 0.150. The maximum Gasteiger partial charge on any atom is 0.410 e. The fraction of sp³-hybridized carbons (Fsp3) is 0.938. The first-order valence-corrected chi connectivity index (χ1v) is 7.78. The first-order valence-electron chi connectivity index (χ1n) is 7.78. The van der Waals surface area contributed by atoms with E-state index in [1.807, 2.05) is 25.7 Å². The van der Waals surface area contributed by atoms with Gasteiger partial charge in [-0.2, -0.15) is 0 Å². The van der Waals surface area contributed by atoms with Crippen molar-refractivity contribution in [2.75, 3.05) is 13.1 Å². The van der Waals surface area contributed by atoms with Crippen molar-refractivity contribution in [2.24, 2.45) is 11.3 Å². The number of carbonyl (C=O) groups excluding carboxylic acids is 1. The van der Waals surface area contributed by atoms with E-state index in [9.17, 15) is 4.79 Å². The molecule has 1 spiro atoms. The standard InChI is InChI=1S/C16H29NO2/c1-13-5-7-16(8-6-13)9-11-17(12-10-16)14(18)19-15(2,3)4/h13H,5-12H2,1-4H3. The molecule has 1 aliphatic carbocycles. The number of rotatable bonds is 0. The van der Waals surface area contributed by atoms with Crippen molar-refractivity contribution in [2.45, 2.75) is 71.8 Å². The Bertz CT molecular complexity index is 314. The van der Waals surface area contributed by atoms with Crippen LogP contribution in [0.5, 0.6) is 0 Å². The molecule has 1 saturated carbocycles. The quantitative estimate of drug-likeness (QED) is 0.658. The molecule has 0 aromatic carbocycles. The third-order valence-corrected chi connectivity index (χ3v) is 4.81. The molecule has 0 aromatic heterocycles.